The molecule has 3 nitrogen and oxygen atoms in total. The fraction of sp³-hybridized carbons (Fsp3) is 0.278. The van der Waals surface area contributed by atoms with Gasteiger partial charge >= 0.3 is 0 Å². The molecule has 0 unspecified atom stereocenters. The third-order valence-corrected chi connectivity index (χ3v) is 15.6. The first-order valence-corrected chi connectivity index (χ1v) is 21.7. The van der Waals surface area contributed by atoms with Crippen LogP contribution in [0.25, 0.3) is 67.5 Å². The molecular weight excluding hydrogens is 691 g/mol. The molecule has 276 valence electrons. The van der Waals surface area contributed by atoms with Crippen molar-refractivity contribution in [3.63, 3.8) is 0 Å². The van der Waals surface area contributed by atoms with Crippen LogP contribution in [0.2, 0.25) is 0 Å². The fourth-order valence-corrected chi connectivity index (χ4v) is 13.1. The minimum Gasteiger partial charge on any atom is -0.208 e. The van der Waals surface area contributed by atoms with Crippen LogP contribution in [0.15, 0.2) is 127 Å². The zero-order valence-corrected chi connectivity index (χ0v) is 32.5. The van der Waals surface area contributed by atoms with Gasteiger partial charge in [-0.05, 0) is 123 Å². The Kier molecular flexibility index (Phi) is 6.65. The first-order valence-electron chi connectivity index (χ1n) is 21.7. The summed E-state index contributed by atoms with van der Waals surface area (Å²) in [5.41, 5.74) is 20.7. The van der Waals surface area contributed by atoms with E-state index in [1.165, 1.54) is 144 Å². The smallest absolute Gasteiger partial charge is 0.164 e. The summed E-state index contributed by atoms with van der Waals surface area (Å²) in [6, 6.07) is 48.6. The average Bonchev–Trinajstić information content (AvgIpc) is 4.15. The minimum atomic E-state index is 0.0792. The van der Waals surface area contributed by atoms with Crippen molar-refractivity contribution in [1.82, 2.24) is 15.0 Å². The molecule has 0 saturated heterocycles. The van der Waals surface area contributed by atoms with E-state index in [9.17, 15) is 0 Å². The van der Waals surface area contributed by atoms with Gasteiger partial charge in [-0.15, -0.1) is 0 Å². The normalized spacial score (nSPS) is 19.2. The maximum absolute atomic E-state index is 5.43. The zero-order valence-electron chi connectivity index (χ0n) is 32.5. The molecule has 3 heteroatoms. The molecule has 13 rings (SSSR count). The first-order chi connectivity index (χ1) is 28.2. The van der Waals surface area contributed by atoms with Crippen LogP contribution < -0.4 is 0 Å². The summed E-state index contributed by atoms with van der Waals surface area (Å²) in [5.74, 6) is 2.29. The Labute approximate surface area is 335 Å². The number of nitrogens with zero attached hydrogens (tertiary/aromatic N) is 3. The highest BCUT2D eigenvalue weighted by molar-refractivity contribution is 5.87. The van der Waals surface area contributed by atoms with Crippen molar-refractivity contribution >= 4 is 0 Å². The van der Waals surface area contributed by atoms with Gasteiger partial charge < -0.3 is 0 Å². The van der Waals surface area contributed by atoms with E-state index in [1.807, 2.05) is 0 Å². The predicted molar refractivity (Wildman–Crippen MR) is 230 cm³/mol. The van der Waals surface area contributed by atoms with E-state index in [0.29, 0.717) is 0 Å². The van der Waals surface area contributed by atoms with Crippen LogP contribution in [-0.4, -0.2) is 15.0 Å². The fourth-order valence-electron chi connectivity index (χ4n) is 13.1. The van der Waals surface area contributed by atoms with Gasteiger partial charge in [0.05, 0.1) is 0 Å². The van der Waals surface area contributed by atoms with E-state index >= 15 is 0 Å². The molecule has 3 spiro atoms. The summed E-state index contributed by atoms with van der Waals surface area (Å²) in [7, 11) is 0. The lowest BCUT2D eigenvalue weighted by Crippen LogP contribution is -2.20. The molecule has 3 saturated carbocycles. The molecule has 0 aliphatic heterocycles. The molecule has 1 aromatic heterocycles. The second-order valence-corrected chi connectivity index (χ2v) is 18.1. The van der Waals surface area contributed by atoms with Gasteiger partial charge in [0.2, 0.25) is 0 Å². The summed E-state index contributed by atoms with van der Waals surface area (Å²) in [6.07, 6.45) is 14.8. The highest BCUT2D eigenvalue weighted by atomic mass is 15.0. The predicted octanol–water partition coefficient (Wildman–Crippen LogP) is 13.4. The molecule has 1 heterocycles. The topological polar surface area (TPSA) is 38.7 Å². The highest BCUT2D eigenvalue weighted by Gasteiger charge is 2.47. The Bertz CT molecular complexity index is 2510. The molecule has 0 bridgehead atoms. The lowest BCUT2D eigenvalue weighted by Gasteiger charge is -2.27. The molecule has 0 radical (unpaired) electrons. The summed E-state index contributed by atoms with van der Waals surface area (Å²) in [4.78, 5) is 16.3. The van der Waals surface area contributed by atoms with Gasteiger partial charge in [-0.2, -0.15) is 0 Å². The quantitative estimate of drug-likeness (QED) is 0.181. The van der Waals surface area contributed by atoms with E-state index in [0.717, 1.165) is 34.2 Å². The van der Waals surface area contributed by atoms with Crippen LogP contribution in [0.5, 0.6) is 0 Å². The second kappa shape index (κ2) is 11.7. The van der Waals surface area contributed by atoms with Gasteiger partial charge in [-0.25, -0.2) is 15.0 Å². The Morgan fingerprint density at radius 3 is 0.842 bits per heavy atom. The van der Waals surface area contributed by atoms with Crippen molar-refractivity contribution < 1.29 is 0 Å². The van der Waals surface area contributed by atoms with Crippen molar-refractivity contribution in [2.45, 2.75) is 93.3 Å². The molecule has 6 aromatic carbocycles. The molecule has 7 aromatic rings. The van der Waals surface area contributed by atoms with E-state index < -0.39 is 0 Å². The van der Waals surface area contributed by atoms with E-state index in [2.05, 4.69) is 127 Å². The SMILES string of the molecule is c1ccc2c(c1)-c1ccc(-c3nc(-c4ccc5c(c4)C4(CCCC4)c4ccccc4-5)nc(-c4ccc5c(c4)C4(CCCC4)c4ccccc4-5)n3)cc1C21CCCC1. The number of aromatic nitrogens is 3. The van der Waals surface area contributed by atoms with Gasteiger partial charge in [0, 0.05) is 32.9 Å². The summed E-state index contributed by atoms with van der Waals surface area (Å²) in [5, 5.41) is 0. The maximum atomic E-state index is 5.43. The highest BCUT2D eigenvalue weighted by Crippen LogP contribution is 2.60. The maximum Gasteiger partial charge on any atom is 0.164 e. The van der Waals surface area contributed by atoms with Gasteiger partial charge in [-0.3, -0.25) is 0 Å². The summed E-state index contributed by atoms with van der Waals surface area (Å²) < 4.78 is 0. The van der Waals surface area contributed by atoms with E-state index in [1.54, 1.807) is 0 Å². The lowest BCUT2D eigenvalue weighted by molar-refractivity contribution is 0.550. The average molecular weight is 736 g/mol. The van der Waals surface area contributed by atoms with E-state index in [-0.39, 0.29) is 16.2 Å². The Balaban J connectivity index is 1.01. The van der Waals surface area contributed by atoms with Crippen LogP contribution >= 0.6 is 0 Å². The Morgan fingerprint density at radius 1 is 0.281 bits per heavy atom. The molecule has 0 atom stereocenters. The van der Waals surface area contributed by atoms with Gasteiger partial charge in [0.1, 0.15) is 0 Å². The molecule has 3 fully saturated rings. The van der Waals surface area contributed by atoms with Crippen molar-refractivity contribution in [1.29, 1.82) is 0 Å². The lowest BCUT2D eigenvalue weighted by atomic mass is 9.76. The first kappa shape index (κ1) is 32.4. The van der Waals surface area contributed by atoms with Crippen molar-refractivity contribution in [2.24, 2.45) is 0 Å². The molecule has 57 heavy (non-hydrogen) atoms. The third kappa shape index (κ3) is 4.30. The van der Waals surface area contributed by atoms with Crippen LogP contribution in [0.3, 0.4) is 0 Å². The molecule has 0 amide bonds. The Hall–Kier alpha value is -5.67. The van der Waals surface area contributed by atoms with Crippen molar-refractivity contribution in [3.05, 3.63) is 161 Å². The van der Waals surface area contributed by atoms with Crippen LogP contribution in [0.1, 0.15) is 110 Å². The number of benzene rings is 6. The Morgan fingerprint density at radius 2 is 0.544 bits per heavy atom. The zero-order chi connectivity index (χ0) is 37.3. The van der Waals surface area contributed by atoms with Crippen LogP contribution in [0.4, 0.5) is 0 Å². The van der Waals surface area contributed by atoms with Crippen molar-refractivity contribution in [3.8, 4) is 67.5 Å². The van der Waals surface area contributed by atoms with Crippen LogP contribution in [-0.2, 0) is 16.2 Å². The number of rotatable bonds is 3. The standard InChI is InChI=1S/C54H45N3/c1-4-16-43-37(13-1)40-22-19-34(31-46(40)52(43)25-7-8-26-52)49-55-50(35-20-23-41-38-14-2-5-17-44(38)53(47(41)32-35)27-9-10-28-53)57-51(56-49)36-21-24-42-39-15-3-6-18-45(39)54(48(42)33-36)29-11-12-30-54/h1-6,13-24,31-33H,7-12,25-30H2. The van der Waals surface area contributed by atoms with Crippen molar-refractivity contribution in [2.75, 3.05) is 0 Å². The summed E-state index contributed by atoms with van der Waals surface area (Å²) >= 11 is 0. The summed E-state index contributed by atoms with van der Waals surface area (Å²) in [6.45, 7) is 0. The van der Waals surface area contributed by atoms with Gasteiger partial charge in [0.15, 0.2) is 17.5 Å². The molecule has 6 aliphatic carbocycles. The molecule has 0 N–H and O–H groups in total. The van der Waals surface area contributed by atoms with E-state index in [4.69, 9.17) is 15.0 Å². The largest absolute Gasteiger partial charge is 0.208 e. The second-order valence-electron chi connectivity index (χ2n) is 18.1. The van der Waals surface area contributed by atoms with Crippen LogP contribution in [0, 0.1) is 0 Å². The molecule has 6 aliphatic rings. The molecular formula is C54H45N3. The number of hydrogen-bond donors (Lipinski definition) is 0. The number of hydrogen-bond acceptors (Lipinski definition) is 3. The minimum absolute atomic E-state index is 0.0792. The monoisotopic (exact) mass is 735 g/mol. The number of fused-ring (bicyclic) bond motifs is 15. The van der Waals surface area contributed by atoms with Gasteiger partial charge in [-0.1, -0.05) is 148 Å². The third-order valence-electron chi connectivity index (χ3n) is 15.6. The van der Waals surface area contributed by atoms with Gasteiger partial charge in [0.25, 0.3) is 0 Å².